The average molecular weight is 359 g/mol. The number of anilines is 4. The van der Waals surface area contributed by atoms with E-state index in [0.29, 0.717) is 5.82 Å². The summed E-state index contributed by atoms with van der Waals surface area (Å²) in [6.45, 7) is 3.93. The number of hydrogen-bond donors (Lipinski definition) is 2. The van der Waals surface area contributed by atoms with Crippen LogP contribution in [-0.2, 0) is 6.18 Å². The fourth-order valence-corrected chi connectivity index (χ4v) is 2.33. The first-order valence-corrected chi connectivity index (χ1v) is 7.79. The molecule has 3 aromatic rings. The molecule has 0 aliphatic heterocycles. The van der Waals surface area contributed by atoms with Crippen LogP contribution >= 0.6 is 0 Å². The molecule has 8 heteroatoms. The van der Waals surface area contributed by atoms with E-state index in [-0.39, 0.29) is 11.6 Å². The number of aromatic nitrogens is 3. The lowest BCUT2D eigenvalue weighted by Gasteiger charge is -2.11. The highest BCUT2D eigenvalue weighted by molar-refractivity contribution is 5.62. The fourth-order valence-electron chi connectivity index (χ4n) is 2.33. The Hall–Kier alpha value is -3.16. The maximum absolute atomic E-state index is 12.8. The molecule has 0 spiro atoms. The van der Waals surface area contributed by atoms with Crippen LogP contribution in [0.15, 0.2) is 48.7 Å². The highest BCUT2D eigenvalue weighted by Crippen LogP contribution is 2.31. The van der Waals surface area contributed by atoms with Gasteiger partial charge in [0.2, 0.25) is 5.95 Å². The van der Waals surface area contributed by atoms with Crippen molar-refractivity contribution in [3.05, 3.63) is 65.4 Å². The summed E-state index contributed by atoms with van der Waals surface area (Å²) in [4.78, 5) is 4.25. The Morgan fingerprint density at radius 3 is 2.54 bits per heavy atom. The van der Waals surface area contributed by atoms with Crippen LogP contribution in [0.4, 0.5) is 36.3 Å². The van der Waals surface area contributed by atoms with E-state index in [9.17, 15) is 13.2 Å². The van der Waals surface area contributed by atoms with E-state index in [1.54, 1.807) is 0 Å². The summed E-state index contributed by atoms with van der Waals surface area (Å²) in [6, 6.07) is 10.8. The summed E-state index contributed by atoms with van der Waals surface area (Å²) in [6.07, 6.45) is -2.97. The normalized spacial score (nSPS) is 11.3. The molecule has 0 saturated heterocycles. The third-order valence-corrected chi connectivity index (χ3v) is 3.66. The van der Waals surface area contributed by atoms with E-state index < -0.39 is 11.7 Å². The van der Waals surface area contributed by atoms with Crippen molar-refractivity contribution in [1.29, 1.82) is 0 Å². The van der Waals surface area contributed by atoms with Crippen LogP contribution in [0.1, 0.15) is 16.7 Å². The number of nitrogens with one attached hydrogen (secondary N) is 2. The molecule has 5 nitrogen and oxygen atoms in total. The molecule has 0 saturated carbocycles. The van der Waals surface area contributed by atoms with Crippen molar-refractivity contribution in [2.75, 3.05) is 10.6 Å². The van der Waals surface area contributed by atoms with Gasteiger partial charge in [0, 0.05) is 11.4 Å². The fraction of sp³-hybridized carbons (Fsp3) is 0.167. The summed E-state index contributed by atoms with van der Waals surface area (Å²) in [5.74, 6) is 0.530. The number of alkyl halides is 3. The van der Waals surface area contributed by atoms with E-state index in [1.807, 2.05) is 32.0 Å². The van der Waals surface area contributed by atoms with Gasteiger partial charge in [0.25, 0.3) is 0 Å². The van der Waals surface area contributed by atoms with Crippen molar-refractivity contribution in [2.24, 2.45) is 0 Å². The first-order chi connectivity index (χ1) is 12.3. The highest BCUT2D eigenvalue weighted by Gasteiger charge is 2.30. The zero-order valence-corrected chi connectivity index (χ0v) is 14.1. The van der Waals surface area contributed by atoms with Gasteiger partial charge in [-0.15, -0.1) is 5.10 Å². The molecule has 2 N–H and O–H groups in total. The van der Waals surface area contributed by atoms with Gasteiger partial charge in [-0.25, -0.2) is 0 Å². The van der Waals surface area contributed by atoms with Gasteiger partial charge in [-0.05, 0) is 49.2 Å². The molecule has 0 fully saturated rings. The molecule has 0 unspecified atom stereocenters. The molecule has 2 aromatic carbocycles. The van der Waals surface area contributed by atoms with Crippen molar-refractivity contribution >= 4 is 23.1 Å². The van der Waals surface area contributed by atoms with Crippen LogP contribution in [0.3, 0.4) is 0 Å². The maximum Gasteiger partial charge on any atom is 0.416 e. The number of hydrogen-bond acceptors (Lipinski definition) is 5. The molecule has 1 aromatic heterocycles. The van der Waals surface area contributed by atoms with Gasteiger partial charge in [-0.2, -0.15) is 23.3 Å². The third-order valence-electron chi connectivity index (χ3n) is 3.66. The molecule has 0 bridgehead atoms. The molecule has 0 atom stereocenters. The summed E-state index contributed by atoms with van der Waals surface area (Å²) < 4.78 is 38.4. The van der Waals surface area contributed by atoms with Crippen molar-refractivity contribution < 1.29 is 13.2 Å². The van der Waals surface area contributed by atoms with Crippen molar-refractivity contribution in [3.63, 3.8) is 0 Å². The molecule has 26 heavy (non-hydrogen) atoms. The summed E-state index contributed by atoms with van der Waals surface area (Å²) in [7, 11) is 0. The predicted molar refractivity (Wildman–Crippen MR) is 93.8 cm³/mol. The van der Waals surface area contributed by atoms with Crippen molar-refractivity contribution in [2.45, 2.75) is 20.0 Å². The summed E-state index contributed by atoms with van der Waals surface area (Å²) >= 11 is 0. The Bertz CT molecular complexity index is 925. The quantitative estimate of drug-likeness (QED) is 0.687. The Balaban J connectivity index is 1.81. The van der Waals surface area contributed by atoms with Gasteiger partial charge in [0.1, 0.15) is 0 Å². The molecule has 1 heterocycles. The summed E-state index contributed by atoms with van der Waals surface area (Å²) in [5, 5.41) is 13.5. The number of aryl methyl sites for hydroxylation is 2. The van der Waals surface area contributed by atoms with Gasteiger partial charge in [0.05, 0.1) is 11.8 Å². The Morgan fingerprint density at radius 2 is 1.77 bits per heavy atom. The van der Waals surface area contributed by atoms with Crippen LogP contribution in [0.5, 0.6) is 0 Å². The molecule has 0 amide bonds. The lowest BCUT2D eigenvalue weighted by molar-refractivity contribution is -0.137. The van der Waals surface area contributed by atoms with Crippen LogP contribution in [0, 0.1) is 13.8 Å². The second-order valence-electron chi connectivity index (χ2n) is 5.81. The van der Waals surface area contributed by atoms with Gasteiger partial charge < -0.3 is 10.6 Å². The van der Waals surface area contributed by atoms with E-state index in [0.717, 1.165) is 28.9 Å². The molecule has 0 aliphatic carbocycles. The SMILES string of the molecule is Cc1ccc(C)c(Nc2cnnc(Nc3cccc(C(F)(F)F)c3)n2)c1. The minimum Gasteiger partial charge on any atom is -0.339 e. The minimum atomic E-state index is -4.41. The van der Waals surface area contributed by atoms with Crippen LogP contribution < -0.4 is 10.6 Å². The monoisotopic (exact) mass is 359 g/mol. The first kappa shape index (κ1) is 17.7. The second-order valence-corrected chi connectivity index (χ2v) is 5.81. The van der Waals surface area contributed by atoms with Crippen molar-refractivity contribution in [3.8, 4) is 0 Å². The van der Waals surface area contributed by atoms with E-state index in [4.69, 9.17) is 0 Å². The smallest absolute Gasteiger partial charge is 0.339 e. The maximum atomic E-state index is 12.8. The topological polar surface area (TPSA) is 62.7 Å². The highest BCUT2D eigenvalue weighted by atomic mass is 19.4. The standard InChI is InChI=1S/C18H16F3N5/c1-11-6-7-12(2)15(8-11)24-16-10-22-26-17(25-16)23-14-5-3-4-13(9-14)18(19,20)21/h3-10H,1-2H3,(H2,23,24,25,26). The lowest BCUT2D eigenvalue weighted by Crippen LogP contribution is -2.06. The van der Waals surface area contributed by atoms with Crippen LogP contribution in [-0.4, -0.2) is 15.2 Å². The Morgan fingerprint density at radius 1 is 0.962 bits per heavy atom. The van der Waals surface area contributed by atoms with Gasteiger partial charge >= 0.3 is 6.18 Å². The molecule has 3 rings (SSSR count). The average Bonchev–Trinajstić information content (AvgIpc) is 2.58. The molecular weight excluding hydrogens is 343 g/mol. The van der Waals surface area contributed by atoms with Crippen LogP contribution in [0.2, 0.25) is 0 Å². The molecule has 0 aliphatic rings. The first-order valence-electron chi connectivity index (χ1n) is 7.79. The van der Waals surface area contributed by atoms with Gasteiger partial charge in [-0.1, -0.05) is 18.2 Å². The van der Waals surface area contributed by atoms with Crippen LogP contribution in [0.25, 0.3) is 0 Å². The van der Waals surface area contributed by atoms with E-state index >= 15 is 0 Å². The molecule has 134 valence electrons. The molecular formula is C18H16F3N5. The largest absolute Gasteiger partial charge is 0.416 e. The predicted octanol–water partition coefficient (Wildman–Crippen LogP) is 4.99. The zero-order valence-electron chi connectivity index (χ0n) is 14.1. The zero-order chi connectivity index (χ0) is 18.7. The van der Waals surface area contributed by atoms with E-state index in [1.165, 1.54) is 18.3 Å². The Labute approximate surface area is 148 Å². The number of nitrogens with zero attached hydrogens (tertiary/aromatic N) is 3. The number of rotatable bonds is 4. The van der Waals surface area contributed by atoms with E-state index in [2.05, 4.69) is 25.8 Å². The number of halogens is 3. The minimum absolute atomic E-state index is 0.0969. The third kappa shape index (κ3) is 4.27. The lowest BCUT2D eigenvalue weighted by atomic mass is 10.1. The summed E-state index contributed by atoms with van der Waals surface area (Å²) in [5.41, 5.74) is 2.46. The van der Waals surface area contributed by atoms with Gasteiger partial charge in [0.15, 0.2) is 5.82 Å². The van der Waals surface area contributed by atoms with Crippen molar-refractivity contribution in [1.82, 2.24) is 15.2 Å². The second kappa shape index (κ2) is 6.99. The Kier molecular flexibility index (Phi) is 4.75. The molecule has 0 radical (unpaired) electrons. The number of benzene rings is 2. The van der Waals surface area contributed by atoms with Gasteiger partial charge in [-0.3, -0.25) is 0 Å².